The number of para-hydroxylation sites is 1. The zero-order valence-corrected chi connectivity index (χ0v) is 19.4. The van der Waals surface area contributed by atoms with E-state index in [-0.39, 0.29) is 12.5 Å². The van der Waals surface area contributed by atoms with E-state index in [1.165, 1.54) is 11.8 Å². The maximum absolute atomic E-state index is 13.4. The first-order valence-electron chi connectivity index (χ1n) is 10.7. The zero-order chi connectivity index (χ0) is 23.8. The summed E-state index contributed by atoms with van der Waals surface area (Å²) in [4.78, 5) is 24.5. The Morgan fingerprint density at radius 3 is 2.71 bits per heavy atom. The molecule has 0 unspecified atom stereocenters. The molecular weight excluding hydrogens is 448 g/mol. The van der Waals surface area contributed by atoms with E-state index in [1.54, 1.807) is 29.4 Å². The molecule has 0 saturated carbocycles. The quantitative estimate of drug-likeness (QED) is 0.421. The molecule has 34 heavy (non-hydrogen) atoms. The van der Waals surface area contributed by atoms with E-state index in [9.17, 15) is 4.79 Å². The molecule has 7 nitrogen and oxygen atoms in total. The lowest BCUT2D eigenvalue weighted by Crippen LogP contribution is -2.28. The van der Waals surface area contributed by atoms with Crippen LogP contribution in [0.2, 0.25) is 0 Å². The third-order valence-corrected chi connectivity index (χ3v) is 5.80. The van der Waals surface area contributed by atoms with Crippen LogP contribution in [0.3, 0.4) is 0 Å². The first-order valence-corrected chi connectivity index (χ1v) is 11.5. The number of aliphatic imine (C=N–C) groups is 1. The van der Waals surface area contributed by atoms with Gasteiger partial charge in [-0.05, 0) is 66.2 Å². The number of amides is 1. The molecule has 4 rings (SSSR count). The lowest BCUT2D eigenvalue weighted by Gasteiger charge is -2.15. The fourth-order valence-electron chi connectivity index (χ4n) is 3.28. The summed E-state index contributed by atoms with van der Waals surface area (Å²) in [7, 11) is 0. The Morgan fingerprint density at radius 1 is 1.12 bits per heavy atom. The van der Waals surface area contributed by atoms with Crippen LogP contribution in [-0.4, -0.2) is 34.2 Å². The molecule has 0 radical (unpaired) electrons. The zero-order valence-electron chi connectivity index (χ0n) is 18.5. The normalized spacial score (nSPS) is 15.5. The fourth-order valence-corrected chi connectivity index (χ4v) is 4.28. The van der Waals surface area contributed by atoms with Crippen molar-refractivity contribution < 1.29 is 14.3 Å². The van der Waals surface area contributed by atoms with Crippen LogP contribution in [0.5, 0.6) is 11.5 Å². The summed E-state index contributed by atoms with van der Waals surface area (Å²) in [6.07, 6.45) is 5.26. The van der Waals surface area contributed by atoms with Gasteiger partial charge in [0.2, 0.25) is 0 Å². The van der Waals surface area contributed by atoms with Crippen LogP contribution >= 0.6 is 11.8 Å². The van der Waals surface area contributed by atoms with Crippen LogP contribution < -0.4 is 9.47 Å². The number of benzene rings is 2. The van der Waals surface area contributed by atoms with E-state index in [4.69, 9.17) is 19.7 Å². The van der Waals surface area contributed by atoms with E-state index >= 15 is 0 Å². The van der Waals surface area contributed by atoms with Gasteiger partial charge in [-0.1, -0.05) is 30.3 Å². The van der Waals surface area contributed by atoms with Gasteiger partial charge in [0.15, 0.2) is 23.3 Å². The van der Waals surface area contributed by atoms with E-state index in [2.05, 4.69) is 4.98 Å². The van der Waals surface area contributed by atoms with Crippen LogP contribution in [0, 0.1) is 11.3 Å². The number of aromatic nitrogens is 1. The molecule has 2 heterocycles. The molecule has 0 bridgehead atoms. The van der Waals surface area contributed by atoms with Gasteiger partial charge in [0.1, 0.15) is 6.07 Å². The molecule has 3 aromatic rings. The highest BCUT2D eigenvalue weighted by Gasteiger charge is 2.33. The maximum Gasteiger partial charge on any atom is 0.267 e. The standard InChI is InChI=1S/C26H22N4O3S/c1-2-32-23-15-19(10-11-22(23)33-14-12-27)16-24-25(31)30(18-20-7-6-13-28-17-20)26(34-24)29-21-8-4-3-5-9-21/h3-11,13,15-17H,2,14,18H2,1H3/b24-16+,29-26?. The van der Waals surface area contributed by atoms with Crippen molar-refractivity contribution in [2.24, 2.45) is 4.99 Å². The predicted molar refractivity (Wildman–Crippen MR) is 133 cm³/mol. The number of carbonyl (C=O) groups excluding carboxylic acids is 1. The van der Waals surface area contributed by atoms with Gasteiger partial charge < -0.3 is 9.47 Å². The molecule has 1 saturated heterocycles. The first kappa shape index (κ1) is 23.1. The number of hydrogen-bond donors (Lipinski definition) is 0. The van der Waals surface area contributed by atoms with Gasteiger partial charge >= 0.3 is 0 Å². The summed E-state index contributed by atoms with van der Waals surface area (Å²) < 4.78 is 11.1. The van der Waals surface area contributed by atoms with Crippen molar-refractivity contribution >= 4 is 34.6 Å². The first-order chi connectivity index (χ1) is 16.7. The average molecular weight is 471 g/mol. The minimum atomic E-state index is -0.133. The van der Waals surface area contributed by atoms with Gasteiger partial charge in [-0.3, -0.25) is 14.7 Å². The second-order valence-electron chi connectivity index (χ2n) is 7.18. The number of nitrogens with zero attached hydrogens (tertiary/aromatic N) is 4. The van der Waals surface area contributed by atoms with E-state index in [0.717, 1.165) is 16.8 Å². The molecule has 1 aromatic heterocycles. The molecule has 1 fully saturated rings. The molecule has 0 spiro atoms. The smallest absolute Gasteiger partial charge is 0.267 e. The van der Waals surface area contributed by atoms with Crippen molar-refractivity contribution in [2.75, 3.05) is 13.2 Å². The largest absolute Gasteiger partial charge is 0.490 e. The SMILES string of the molecule is CCOc1cc(/C=C2/SC(=Nc3ccccc3)N(Cc3cccnc3)C2=O)ccc1OCC#N. The molecule has 0 atom stereocenters. The lowest BCUT2D eigenvalue weighted by atomic mass is 10.1. The number of amidine groups is 1. The van der Waals surface area contributed by atoms with Gasteiger partial charge in [0.05, 0.1) is 23.7 Å². The fraction of sp³-hybridized carbons (Fsp3) is 0.154. The number of thioether (sulfide) groups is 1. The second-order valence-corrected chi connectivity index (χ2v) is 8.19. The molecule has 0 aliphatic carbocycles. The third-order valence-electron chi connectivity index (χ3n) is 4.79. The Labute approximate surface area is 202 Å². The number of nitriles is 1. The lowest BCUT2D eigenvalue weighted by molar-refractivity contribution is -0.122. The molecular formula is C26H22N4O3S. The Morgan fingerprint density at radius 2 is 1.97 bits per heavy atom. The van der Waals surface area contributed by atoms with Crippen molar-refractivity contribution in [3.8, 4) is 17.6 Å². The molecule has 1 aliphatic heterocycles. The van der Waals surface area contributed by atoms with E-state index < -0.39 is 0 Å². The number of hydrogen-bond acceptors (Lipinski definition) is 7. The molecule has 1 aliphatic rings. The average Bonchev–Trinajstić information content (AvgIpc) is 3.14. The van der Waals surface area contributed by atoms with Crippen molar-refractivity contribution in [2.45, 2.75) is 13.5 Å². The Hall–Kier alpha value is -4.09. The van der Waals surface area contributed by atoms with Crippen LogP contribution in [-0.2, 0) is 11.3 Å². The monoisotopic (exact) mass is 470 g/mol. The maximum atomic E-state index is 13.4. The van der Waals surface area contributed by atoms with E-state index in [1.807, 2.05) is 67.6 Å². The van der Waals surface area contributed by atoms with Crippen molar-refractivity contribution in [1.29, 1.82) is 5.26 Å². The topological polar surface area (TPSA) is 87.8 Å². The highest BCUT2D eigenvalue weighted by atomic mass is 32.2. The Kier molecular flexibility index (Phi) is 7.58. The van der Waals surface area contributed by atoms with E-state index in [0.29, 0.717) is 34.7 Å². The highest BCUT2D eigenvalue weighted by molar-refractivity contribution is 8.18. The summed E-state index contributed by atoms with van der Waals surface area (Å²) in [5, 5.41) is 9.40. The van der Waals surface area contributed by atoms with Crippen LogP contribution in [0.15, 0.2) is 83.0 Å². The van der Waals surface area contributed by atoms with Gasteiger partial charge in [0.25, 0.3) is 5.91 Å². The molecule has 0 N–H and O–H groups in total. The Bertz CT molecular complexity index is 1250. The van der Waals surface area contributed by atoms with Crippen molar-refractivity contribution in [1.82, 2.24) is 9.88 Å². The Balaban J connectivity index is 1.66. The minimum absolute atomic E-state index is 0.0720. The summed E-state index contributed by atoms with van der Waals surface area (Å²) in [6.45, 7) is 2.62. The van der Waals surface area contributed by atoms with Crippen LogP contribution in [0.1, 0.15) is 18.1 Å². The van der Waals surface area contributed by atoms with Gasteiger partial charge in [0, 0.05) is 12.4 Å². The van der Waals surface area contributed by atoms with Crippen LogP contribution in [0.25, 0.3) is 6.08 Å². The number of ether oxygens (including phenoxy) is 2. The number of pyridine rings is 1. The number of carbonyl (C=O) groups is 1. The molecule has 8 heteroatoms. The third kappa shape index (κ3) is 5.63. The van der Waals surface area contributed by atoms with Gasteiger partial charge in [-0.15, -0.1) is 0 Å². The summed E-state index contributed by atoms with van der Waals surface area (Å²) in [5.74, 6) is 0.875. The molecule has 170 valence electrons. The second kappa shape index (κ2) is 11.2. The van der Waals surface area contributed by atoms with Crippen molar-refractivity contribution in [3.05, 3.63) is 89.1 Å². The van der Waals surface area contributed by atoms with Gasteiger partial charge in [-0.2, -0.15) is 5.26 Å². The molecule has 1 amide bonds. The van der Waals surface area contributed by atoms with Crippen molar-refractivity contribution in [3.63, 3.8) is 0 Å². The predicted octanol–water partition coefficient (Wildman–Crippen LogP) is 5.19. The summed E-state index contributed by atoms with van der Waals surface area (Å²) >= 11 is 1.33. The van der Waals surface area contributed by atoms with Gasteiger partial charge in [-0.25, -0.2) is 4.99 Å². The minimum Gasteiger partial charge on any atom is -0.490 e. The van der Waals surface area contributed by atoms with Crippen LogP contribution in [0.4, 0.5) is 5.69 Å². The summed E-state index contributed by atoms with van der Waals surface area (Å²) in [5.41, 5.74) is 2.47. The highest BCUT2D eigenvalue weighted by Crippen LogP contribution is 2.36. The molecule has 2 aromatic carbocycles. The number of rotatable bonds is 8. The summed E-state index contributed by atoms with van der Waals surface area (Å²) in [6, 6.07) is 20.6.